The van der Waals surface area contributed by atoms with Crippen LogP contribution in [0.1, 0.15) is 30.0 Å². The van der Waals surface area contributed by atoms with Crippen LogP contribution < -0.4 is 4.72 Å². The average molecular weight is 291 g/mol. The second-order valence-electron chi connectivity index (χ2n) is 5.14. The van der Waals surface area contributed by atoms with Crippen LogP contribution in [0.25, 0.3) is 0 Å². The summed E-state index contributed by atoms with van der Waals surface area (Å²) in [6.45, 7) is 0. The number of benzene rings is 1. The van der Waals surface area contributed by atoms with Crippen LogP contribution in [-0.2, 0) is 23.5 Å². The molecule has 20 heavy (non-hydrogen) atoms. The number of aromatic nitrogens is 2. The summed E-state index contributed by atoms with van der Waals surface area (Å²) in [4.78, 5) is 3.92. The third kappa shape index (κ3) is 2.48. The van der Waals surface area contributed by atoms with Gasteiger partial charge in [-0.2, -0.15) is 0 Å². The van der Waals surface area contributed by atoms with Gasteiger partial charge >= 0.3 is 0 Å². The van der Waals surface area contributed by atoms with Crippen molar-refractivity contribution in [3.05, 3.63) is 47.9 Å². The van der Waals surface area contributed by atoms with E-state index >= 15 is 0 Å². The minimum atomic E-state index is -3.56. The SMILES string of the molecule is Cn1cnc(S(=O)(=O)N[C@@H]2CCCc3ccccc32)c1. The van der Waals surface area contributed by atoms with Crippen LogP contribution in [-0.4, -0.2) is 18.0 Å². The van der Waals surface area contributed by atoms with E-state index in [1.54, 1.807) is 11.6 Å². The highest BCUT2D eigenvalue weighted by molar-refractivity contribution is 7.89. The van der Waals surface area contributed by atoms with Gasteiger partial charge in [0.1, 0.15) is 0 Å². The molecule has 1 aliphatic rings. The largest absolute Gasteiger partial charge is 0.339 e. The molecule has 106 valence electrons. The van der Waals surface area contributed by atoms with E-state index in [2.05, 4.69) is 15.8 Å². The Hall–Kier alpha value is -1.66. The lowest BCUT2D eigenvalue weighted by atomic mass is 9.88. The lowest BCUT2D eigenvalue weighted by molar-refractivity contribution is 0.506. The summed E-state index contributed by atoms with van der Waals surface area (Å²) in [6, 6.07) is 7.85. The molecule has 0 unspecified atom stereocenters. The zero-order chi connectivity index (χ0) is 14.2. The van der Waals surface area contributed by atoms with Gasteiger partial charge in [0.15, 0.2) is 5.03 Å². The second-order valence-corrected chi connectivity index (χ2v) is 6.80. The van der Waals surface area contributed by atoms with Crippen LogP contribution in [0.3, 0.4) is 0 Å². The van der Waals surface area contributed by atoms with Crippen molar-refractivity contribution < 1.29 is 8.42 Å². The molecule has 0 amide bonds. The number of nitrogens with zero attached hydrogens (tertiary/aromatic N) is 2. The van der Waals surface area contributed by atoms with Crippen LogP contribution >= 0.6 is 0 Å². The molecule has 0 fully saturated rings. The van der Waals surface area contributed by atoms with Crippen molar-refractivity contribution in [3.8, 4) is 0 Å². The lowest BCUT2D eigenvalue weighted by Crippen LogP contribution is -2.31. The molecule has 1 N–H and O–H groups in total. The van der Waals surface area contributed by atoms with Crippen LogP contribution in [0, 0.1) is 0 Å². The standard InChI is InChI=1S/C14H17N3O2S/c1-17-9-14(15-10-17)20(18,19)16-13-8-4-6-11-5-2-3-7-12(11)13/h2-3,5,7,9-10,13,16H,4,6,8H2,1H3/t13-/m1/s1. The number of hydrogen-bond donors (Lipinski definition) is 1. The van der Waals surface area contributed by atoms with E-state index in [4.69, 9.17) is 0 Å². The Kier molecular flexibility index (Phi) is 3.35. The molecule has 0 spiro atoms. The lowest BCUT2D eigenvalue weighted by Gasteiger charge is -2.25. The van der Waals surface area contributed by atoms with Gasteiger partial charge in [-0.1, -0.05) is 24.3 Å². The topological polar surface area (TPSA) is 64.0 Å². The third-order valence-electron chi connectivity index (χ3n) is 3.62. The van der Waals surface area contributed by atoms with E-state index in [1.165, 1.54) is 18.1 Å². The fourth-order valence-corrected chi connectivity index (χ4v) is 3.88. The first kappa shape index (κ1) is 13.3. The highest BCUT2D eigenvalue weighted by Crippen LogP contribution is 2.30. The third-order valence-corrected chi connectivity index (χ3v) is 4.98. The zero-order valence-corrected chi connectivity index (χ0v) is 12.1. The Balaban J connectivity index is 1.89. The van der Waals surface area contributed by atoms with Crippen molar-refractivity contribution in [3.63, 3.8) is 0 Å². The van der Waals surface area contributed by atoms with Gasteiger partial charge in [-0.25, -0.2) is 18.1 Å². The zero-order valence-electron chi connectivity index (χ0n) is 11.3. The Morgan fingerprint density at radius 2 is 2.15 bits per heavy atom. The van der Waals surface area contributed by atoms with Gasteiger partial charge in [0, 0.05) is 19.3 Å². The van der Waals surface area contributed by atoms with Gasteiger partial charge < -0.3 is 4.57 Å². The van der Waals surface area contributed by atoms with Gasteiger partial charge in [-0.3, -0.25) is 0 Å². The quantitative estimate of drug-likeness (QED) is 0.937. The molecule has 0 saturated heterocycles. The number of rotatable bonds is 3. The van der Waals surface area contributed by atoms with Crippen molar-refractivity contribution in [1.29, 1.82) is 0 Å². The maximum absolute atomic E-state index is 12.3. The predicted molar refractivity (Wildman–Crippen MR) is 75.7 cm³/mol. The highest BCUT2D eigenvalue weighted by Gasteiger charge is 2.26. The summed E-state index contributed by atoms with van der Waals surface area (Å²) >= 11 is 0. The molecule has 0 radical (unpaired) electrons. The monoisotopic (exact) mass is 291 g/mol. The van der Waals surface area contributed by atoms with Gasteiger partial charge in [-0.15, -0.1) is 0 Å². The summed E-state index contributed by atoms with van der Waals surface area (Å²) in [6.07, 6.45) is 5.83. The fourth-order valence-electron chi connectivity index (χ4n) is 2.65. The molecule has 0 saturated carbocycles. The molecule has 5 nitrogen and oxygen atoms in total. The Morgan fingerprint density at radius 3 is 2.90 bits per heavy atom. The van der Waals surface area contributed by atoms with Crippen molar-refractivity contribution in [2.24, 2.45) is 7.05 Å². The van der Waals surface area contributed by atoms with E-state index < -0.39 is 10.0 Å². The van der Waals surface area contributed by atoms with Crippen molar-refractivity contribution in [1.82, 2.24) is 14.3 Å². The number of imidazole rings is 1. The molecule has 3 rings (SSSR count). The molecule has 6 heteroatoms. The molecule has 0 bridgehead atoms. The van der Waals surface area contributed by atoms with Crippen LogP contribution in [0.15, 0.2) is 41.8 Å². The average Bonchev–Trinajstić information content (AvgIpc) is 2.86. The van der Waals surface area contributed by atoms with E-state index in [-0.39, 0.29) is 11.1 Å². The summed E-state index contributed by atoms with van der Waals surface area (Å²) in [5.41, 5.74) is 2.31. The molecule has 0 aliphatic heterocycles. The summed E-state index contributed by atoms with van der Waals surface area (Å²) in [5.74, 6) is 0. The van der Waals surface area contributed by atoms with Crippen LogP contribution in [0.4, 0.5) is 0 Å². The molecule has 1 heterocycles. The van der Waals surface area contributed by atoms with Crippen molar-refractivity contribution >= 4 is 10.0 Å². The maximum atomic E-state index is 12.3. The minimum Gasteiger partial charge on any atom is -0.339 e. The number of fused-ring (bicyclic) bond motifs is 1. The van der Waals surface area contributed by atoms with Crippen LogP contribution in [0.2, 0.25) is 0 Å². The second kappa shape index (κ2) is 5.03. The molecule has 1 aliphatic carbocycles. The molecule has 2 aromatic rings. The molecular formula is C14H17N3O2S. The first-order valence-electron chi connectivity index (χ1n) is 6.64. The molecule has 1 aromatic carbocycles. The molecular weight excluding hydrogens is 274 g/mol. The minimum absolute atomic E-state index is 0.0723. The summed E-state index contributed by atoms with van der Waals surface area (Å²) < 4.78 is 29.1. The number of aryl methyl sites for hydroxylation is 2. The number of nitrogens with one attached hydrogen (secondary N) is 1. The first-order chi connectivity index (χ1) is 9.56. The summed E-state index contributed by atoms with van der Waals surface area (Å²) in [7, 11) is -1.81. The van der Waals surface area contributed by atoms with Gasteiger partial charge in [0.2, 0.25) is 0 Å². The van der Waals surface area contributed by atoms with Crippen molar-refractivity contribution in [2.75, 3.05) is 0 Å². The first-order valence-corrected chi connectivity index (χ1v) is 8.13. The Bertz CT molecular complexity index is 722. The maximum Gasteiger partial charge on any atom is 0.260 e. The van der Waals surface area contributed by atoms with E-state index in [0.29, 0.717) is 0 Å². The Labute approximate surface area is 118 Å². The number of sulfonamides is 1. The van der Waals surface area contributed by atoms with Crippen LogP contribution in [0.5, 0.6) is 0 Å². The summed E-state index contributed by atoms with van der Waals surface area (Å²) in [5, 5.41) is 0.0723. The van der Waals surface area contributed by atoms with Gasteiger partial charge in [0.25, 0.3) is 10.0 Å². The molecule has 1 aromatic heterocycles. The Morgan fingerprint density at radius 1 is 1.35 bits per heavy atom. The normalized spacial score (nSPS) is 18.8. The van der Waals surface area contributed by atoms with Gasteiger partial charge in [0.05, 0.1) is 6.33 Å². The van der Waals surface area contributed by atoms with E-state index in [9.17, 15) is 8.42 Å². The highest BCUT2D eigenvalue weighted by atomic mass is 32.2. The van der Waals surface area contributed by atoms with E-state index in [0.717, 1.165) is 24.8 Å². The van der Waals surface area contributed by atoms with Gasteiger partial charge in [-0.05, 0) is 30.4 Å². The van der Waals surface area contributed by atoms with Crippen molar-refractivity contribution in [2.45, 2.75) is 30.3 Å². The number of hydrogen-bond acceptors (Lipinski definition) is 3. The smallest absolute Gasteiger partial charge is 0.260 e. The fraction of sp³-hybridized carbons (Fsp3) is 0.357. The van der Waals surface area contributed by atoms with E-state index in [1.807, 2.05) is 18.2 Å². The predicted octanol–water partition coefficient (Wildman–Crippen LogP) is 1.78. The molecule has 1 atom stereocenters.